The standard InChI is InChI=1S/C15H13Cl2NO/c1-2-9-3-5-10(6-4-9)15(19)11-7-12(16)14(17)13(18)8-11/h3-8H,2,18H2,1H3. The molecule has 19 heavy (non-hydrogen) atoms. The number of ketones is 1. The first kappa shape index (κ1) is 13.9. The van der Waals surface area contributed by atoms with Gasteiger partial charge in [-0.2, -0.15) is 0 Å². The Morgan fingerprint density at radius 2 is 1.74 bits per heavy atom. The van der Waals surface area contributed by atoms with Gasteiger partial charge in [-0.1, -0.05) is 54.4 Å². The lowest BCUT2D eigenvalue weighted by Crippen LogP contribution is -2.03. The fourth-order valence-corrected chi connectivity index (χ4v) is 2.14. The second kappa shape index (κ2) is 5.64. The maximum absolute atomic E-state index is 12.3. The van der Waals surface area contributed by atoms with Gasteiger partial charge in [0.15, 0.2) is 5.78 Å². The maximum atomic E-state index is 12.3. The van der Waals surface area contributed by atoms with E-state index in [1.807, 2.05) is 12.1 Å². The van der Waals surface area contributed by atoms with Crippen molar-refractivity contribution in [2.45, 2.75) is 13.3 Å². The van der Waals surface area contributed by atoms with Crippen molar-refractivity contribution < 1.29 is 4.79 Å². The van der Waals surface area contributed by atoms with E-state index in [0.29, 0.717) is 16.8 Å². The van der Waals surface area contributed by atoms with E-state index in [2.05, 4.69) is 6.92 Å². The Bertz CT molecular complexity index is 598. The molecule has 0 saturated carbocycles. The van der Waals surface area contributed by atoms with Gasteiger partial charge in [0.25, 0.3) is 0 Å². The van der Waals surface area contributed by atoms with Crippen LogP contribution in [0.15, 0.2) is 36.4 Å². The number of anilines is 1. The number of benzene rings is 2. The molecule has 0 aromatic heterocycles. The van der Waals surface area contributed by atoms with Crippen LogP contribution in [0.2, 0.25) is 10.0 Å². The Hall–Kier alpha value is -1.51. The minimum Gasteiger partial charge on any atom is -0.397 e. The topological polar surface area (TPSA) is 43.1 Å². The zero-order valence-corrected chi connectivity index (χ0v) is 11.9. The summed E-state index contributed by atoms with van der Waals surface area (Å²) in [6.45, 7) is 2.07. The van der Waals surface area contributed by atoms with Gasteiger partial charge in [-0.05, 0) is 24.1 Å². The monoisotopic (exact) mass is 293 g/mol. The smallest absolute Gasteiger partial charge is 0.193 e. The highest BCUT2D eigenvalue weighted by molar-refractivity contribution is 6.44. The number of hydrogen-bond donors (Lipinski definition) is 1. The molecule has 0 aliphatic rings. The van der Waals surface area contributed by atoms with Crippen LogP contribution in [-0.2, 0) is 6.42 Å². The minimum absolute atomic E-state index is 0.118. The number of nitrogens with two attached hydrogens (primary N) is 1. The third-order valence-electron chi connectivity index (χ3n) is 2.94. The molecule has 2 N–H and O–H groups in total. The Morgan fingerprint density at radius 1 is 1.11 bits per heavy atom. The predicted octanol–water partition coefficient (Wildman–Crippen LogP) is 4.37. The summed E-state index contributed by atoms with van der Waals surface area (Å²) in [5.41, 5.74) is 8.26. The van der Waals surface area contributed by atoms with E-state index in [1.54, 1.807) is 18.2 Å². The van der Waals surface area contributed by atoms with Gasteiger partial charge in [0, 0.05) is 11.1 Å². The molecule has 0 aliphatic heterocycles. The average Bonchev–Trinajstić information content (AvgIpc) is 2.43. The summed E-state index contributed by atoms with van der Waals surface area (Å²) in [6, 6.07) is 10.6. The number of hydrogen-bond acceptors (Lipinski definition) is 2. The molecule has 0 bridgehead atoms. The molecule has 0 amide bonds. The van der Waals surface area contributed by atoms with Gasteiger partial charge in [0.2, 0.25) is 0 Å². The van der Waals surface area contributed by atoms with E-state index < -0.39 is 0 Å². The van der Waals surface area contributed by atoms with Crippen molar-refractivity contribution in [3.63, 3.8) is 0 Å². The number of nitrogen functional groups attached to an aromatic ring is 1. The molecule has 0 aliphatic carbocycles. The van der Waals surface area contributed by atoms with Crippen molar-refractivity contribution in [3.8, 4) is 0 Å². The SMILES string of the molecule is CCc1ccc(C(=O)c2cc(N)c(Cl)c(Cl)c2)cc1. The van der Waals surface area contributed by atoms with Gasteiger partial charge in [0.05, 0.1) is 15.7 Å². The Kier molecular flexibility index (Phi) is 4.13. The van der Waals surface area contributed by atoms with E-state index >= 15 is 0 Å². The second-order valence-corrected chi connectivity index (χ2v) is 5.03. The summed E-state index contributed by atoms with van der Waals surface area (Å²) in [5.74, 6) is -0.118. The lowest BCUT2D eigenvalue weighted by Gasteiger charge is -2.06. The van der Waals surface area contributed by atoms with Gasteiger partial charge in [-0.25, -0.2) is 0 Å². The van der Waals surface area contributed by atoms with Crippen LogP contribution in [0.5, 0.6) is 0 Å². The van der Waals surface area contributed by atoms with Crippen molar-refractivity contribution in [3.05, 3.63) is 63.1 Å². The van der Waals surface area contributed by atoms with Gasteiger partial charge in [-0.15, -0.1) is 0 Å². The lowest BCUT2D eigenvalue weighted by atomic mass is 10.0. The maximum Gasteiger partial charge on any atom is 0.193 e. The molecule has 0 unspecified atom stereocenters. The van der Waals surface area contributed by atoms with Crippen molar-refractivity contribution >= 4 is 34.7 Å². The van der Waals surface area contributed by atoms with Gasteiger partial charge in [0.1, 0.15) is 0 Å². The minimum atomic E-state index is -0.118. The largest absolute Gasteiger partial charge is 0.397 e. The molecule has 0 heterocycles. The number of carbonyl (C=O) groups excluding carboxylic acids is 1. The van der Waals surface area contributed by atoms with Crippen molar-refractivity contribution in [1.29, 1.82) is 0 Å². The first-order valence-corrected chi connectivity index (χ1v) is 6.66. The summed E-state index contributed by atoms with van der Waals surface area (Å²) in [7, 11) is 0. The van der Waals surface area contributed by atoms with Crippen molar-refractivity contribution in [2.75, 3.05) is 5.73 Å². The molecule has 0 saturated heterocycles. The average molecular weight is 294 g/mol. The summed E-state index contributed by atoms with van der Waals surface area (Å²) >= 11 is 11.8. The predicted molar refractivity (Wildman–Crippen MR) is 80.1 cm³/mol. The molecule has 0 fully saturated rings. The van der Waals surface area contributed by atoms with Crippen LogP contribution in [0, 0.1) is 0 Å². The Balaban J connectivity index is 2.38. The zero-order chi connectivity index (χ0) is 14.0. The molecular weight excluding hydrogens is 281 g/mol. The zero-order valence-electron chi connectivity index (χ0n) is 10.4. The Labute approximate surface area is 122 Å². The van der Waals surface area contributed by atoms with E-state index in [1.165, 1.54) is 11.6 Å². The first-order valence-electron chi connectivity index (χ1n) is 5.91. The van der Waals surface area contributed by atoms with E-state index in [-0.39, 0.29) is 15.8 Å². The molecular formula is C15H13Cl2NO. The molecule has 2 aromatic carbocycles. The highest BCUT2D eigenvalue weighted by Crippen LogP contribution is 2.30. The van der Waals surface area contributed by atoms with Gasteiger partial charge in [-0.3, -0.25) is 4.79 Å². The quantitative estimate of drug-likeness (QED) is 0.674. The molecule has 4 heteroatoms. The summed E-state index contributed by atoms with van der Waals surface area (Å²) in [6.07, 6.45) is 0.939. The molecule has 0 radical (unpaired) electrons. The van der Waals surface area contributed by atoms with Crippen LogP contribution >= 0.6 is 23.2 Å². The van der Waals surface area contributed by atoms with E-state index in [4.69, 9.17) is 28.9 Å². The van der Waals surface area contributed by atoms with Gasteiger partial charge >= 0.3 is 0 Å². The molecule has 2 rings (SSSR count). The highest BCUT2D eigenvalue weighted by atomic mass is 35.5. The summed E-state index contributed by atoms with van der Waals surface area (Å²) < 4.78 is 0. The van der Waals surface area contributed by atoms with Crippen LogP contribution < -0.4 is 5.73 Å². The van der Waals surface area contributed by atoms with Crippen molar-refractivity contribution in [2.24, 2.45) is 0 Å². The molecule has 98 valence electrons. The molecule has 0 atom stereocenters. The second-order valence-electron chi connectivity index (χ2n) is 4.24. The first-order chi connectivity index (χ1) is 9.02. The number of rotatable bonds is 3. The summed E-state index contributed by atoms with van der Waals surface area (Å²) in [4.78, 5) is 12.3. The third kappa shape index (κ3) is 2.91. The van der Waals surface area contributed by atoms with Crippen LogP contribution in [0.1, 0.15) is 28.4 Å². The van der Waals surface area contributed by atoms with Gasteiger partial charge < -0.3 is 5.73 Å². The van der Waals surface area contributed by atoms with Crippen molar-refractivity contribution in [1.82, 2.24) is 0 Å². The Morgan fingerprint density at radius 3 is 2.26 bits per heavy atom. The van der Waals surface area contributed by atoms with Crippen LogP contribution in [0.25, 0.3) is 0 Å². The third-order valence-corrected chi connectivity index (χ3v) is 3.76. The number of halogens is 2. The molecule has 0 spiro atoms. The normalized spacial score (nSPS) is 10.5. The van der Waals surface area contributed by atoms with Crippen LogP contribution in [0.3, 0.4) is 0 Å². The number of aryl methyl sites for hydroxylation is 1. The summed E-state index contributed by atoms with van der Waals surface area (Å²) in [5, 5.41) is 0.565. The highest BCUT2D eigenvalue weighted by Gasteiger charge is 2.13. The fraction of sp³-hybridized carbons (Fsp3) is 0.133. The molecule has 2 aromatic rings. The molecule has 2 nitrogen and oxygen atoms in total. The van der Waals surface area contributed by atoms with Crippen LogP contribution in [0.4, 0.5) is 5.69 Å². The van der Waals surface area contributed by atoms with E-state index in [0.717, 1.165) is 6.42 Å². The fourth-order valence-electron chi connectivity index (χ4n) is 1.80. The lowest BCUT2D eigenvalue weighted by molar-refractivity contribution is 0.103. The van der Waals surface area contributed by atoms with E-state index in [9.17, 15) is 4.79 Å². The van der Waals surface area contributed by atoms with Crippen LogP contribution in [-0.4, -0.2) is 5.78 Å². The number of carbonyl (C=O) groups is 1.